The molecule has 0 heterocycles. The molecule has 0 saturated heterocycles. The van der Waals surface area contributed by atoms with Gasteiger partial charge in [0.25, 0.3) is 0 Å². The molecule has 2 aromatic carbocycles. The van der Waals surface area contributed by atoms with Crippen LogP contribution in [0, 0.1) is 0 Å². The van der Waals surface area contributed by atoms with E-state index in [1.54, 1.807) is 30.3 Å². The van der Waals surface area contributed by atoms with Gasteiger partial charge in [-0.1, -0.05) is 30.3 Å². The number of carbonyl (C=O) groups excluding carboxylic acids is 1. The third kappa shape index (κ3) is 2.37. The van der Waals surface area contributed by atoms with Crippen molar-refractivity contribution >= 4 is 17.8 Å². The van der Waals surface area contributed by atoms with Gasteiger partial charge in [0.15, 0.2) is 5.78 Å². The third-order valence-corrected chi connectivity index (χ3v) is 5.04. The van der Waals surface area contributed by atoms with Gasteiger partial charge >= 0.3 is 5.97 Å². The van der Waals surface area contributed by atoms with Crippen LogP contribution in [0.5, 0.6) is 0 Å². The Morgan fingerprint density at radius 3 is 2.58 bits per heavy atom. The summed E-state index contributed by atoms with van der Waals surface area (Å²) in [5.74, 6) is -0.897. The number of hydrogen-bond donors (Lipinski definition) is 1. The van der Waals surface area contributed by atoms with Gasteiger partial charge in [0.1, 0.15) is 0 Å². The minimum Gasteiger partial charge on any atom is -0.478 e. The van der Waals surface area contributed by atoms with E-state index in [0.29, 0.717) is 17.6 Å². The Hall–Kier alpha value is -2.68. The quantitative estimate of drug-likeness (QED) is 0.849. The molecule has 0 radical (unpaired) electrons. The first-order valence-corrected chi connectivity index (χ1v) is 8.36. The molecule has 2 aliphatic rings. The highest BCUT2D eigenvalue weighted by Crippen LogP contribution is 2.35. The van der Waals surface area contributed by atoms with Gasteiger partial charge in [-0.05, 0) is 60.1 Å². The van der Waals surface area contributed by atoms with Gasteiger partial charge in [-0.2, -0.15) is 0 Å². The molecule has 24 heavy (non-hydrogen) atoms. The lowest BCUT2D eigenvalue weighted by Gasteiger charge is -2.18. The molecule has 0 aromatic heterocycles. The van der Waals surface area contributed by atoms with Crippen LogP contribution in [0.15, 0.2) is 42.0 Å². The number of aryl methyl sites for hydroxylation is 1. The van der Waals surface area contributed by atoms with E-state index in [-0.39, 0.29) is 11.3 Å². The van der Waals surface area contributed by atoms with Crippen LogP contribution in [0.2, 0.25) is 0 Å². The summed E-state index contributed by atoms with van der Waals surface area (Å²) in [7, 11) is 0. The monoisotopic (exact) mass is 318 g/mol. The van der Waals surface area contributed by atoms with Gasteiger partial charge in [-0.15, -0.1) is 0 Å². The number of ketones is 1. The zero-order valence-electron chi connectivity index (χ0n) is 13.3. The number of rotatable bonds is 2. The van der Waals surface area contributed by atoms with E-state index < -0.39 is 5.97 Å². The lowest BCUT2D eigenvalue weighted by atomic mass is 9.86. The van der Waals surface area contributed by atoms with Gasteiger partial charge in [0, 0.05) is 17.6 Å². The van der Waals surface area contributed by atoms with Crippen LogP contribution in [-0.2, 0) is 19.3 Å². The second-order valence-corrected chi connectivity index (χ2v) is 6.51. The zero-order valence-corrected chi connectivity index (χ0v) is 13.3. The number of carbonyl (C=O) groups is 2. The lowest BCUT2D eigenvalue weighted by molar-refractivity contribution is 0.0696. The van der Waals surface area contributed by atoms with E-state index in [1.165, 1.54) is 17.5 Å². The van der Waals surface area contributed by atoms with Crippen molar-refractivity contribution in [3.8, 4) is 0 Å². The molecular weight excluding hydrogens is 300 g/mol. The maximum atomic E-state index is 12.9. The molecule has 4 rings (SSSR count). The topological polar surface area (TPSA) is 54.4 Å². The number of aromatic carboxylic acids is 1. The van der Waals surface area contributed by atoms with Crippen LogP contribution in [-0.4, -0.2) is 16.9 Å². The summed E-state index contributed by atoms with van der Waals surface area (Å²) >= 11 is 0. The number of hydrogen-bond acceptors (Lipinski definition) is 2. The highest BCUT2D eigenvalue weighted by Gasteiger charge is 2.29. The number of Topliss-reactive ketones (excluding diaryl/α,β-unsaturated/α-hetero) is 1. The maximum absolute atomic E-state index is 12.9. The first kappa shape index (κ1) is 14.9. The van der Waals surface area contributed by atoms with Crippen molar-refractivity contribution in [3.63, 3.8) is 0 Å². The fourth-order valence-corrected chi connectivity index (χ4v) is 3.87. The Labute approximate surface area is 140 Å². The fourth-order valence-electron chi connectivity index (χ4n) is 3.87. The average molecular weight is 318 g/mol. The molecule has 0 unspecified atom stereocenters. The summed E-state index contributed by atoms with van der Waals surface area (Å²) in [4.78, 5) is 24.3. The zero-order chi connectivity index (χ0) is 16.7. The molecule has 2 aliphatic carbocycles. The average Bonchev–Trinajstić information content (AvgIpc) is 2.91. The molecule has 2 aromatic rings. The maximum Gasteiger partial charge on any atom is 0.336 e. The largest absolute Gasteiger partial charge is 0.478 e. The highest BCUT2D eigenvalue weighted by molar-refractivity contribution is 6.17. The number of carboxylic acids is 1. The predicted molar refractivity (Wildman–Crippen MR) is 92.5 cm³/mol. The van der Waals surface area contributed by atoms with Gasteiger partial charge in [-0.3, -0.25) is 4.79 Å². The summed E-state index contributed by atoms with van der Waals surface area (Å²) in [5, 5.41) is 9.32. The molecule has 3 nitrogen and oxygen atoms in total. The smallest absolute Gasteiger partial charge is 0.336 e. The summed E-state index contributed by atoms with van der Waals surface area (Å²) in [6.07, 6.45) is 6.70. The second kappa shape index (κ2) is 5.75. The number of carboxylic acid groups (broad SMARTS) is 1. The predicted octanol–water partition coefficient (Wildman–Crippen LogP) is 4.09. The summed E-state index contributed by atoms with van der Waals surface area (Å²) in [5.41, 5.74) is 6.01. The fraction of sp³-hybridized carbons (Fsp3) is 0.238. The Balaban J connectivity index is 1.78. The van der Waals surface area contributed by atoms with Gasteiger partial charge in [0.05, 0.1) is 5.56 Å². The molecule has 0 fully saturated rings. The van der Waals surface area contributed by atoms with E-state index in [2.05, 4.69) is 12.1 Å². The Kier molecular flexibility index (Phi) is 3.57. The molecule has 120 valence electrons. The minimum atomic E-state index is -0.970. The van der Waals surface area contributed by atoms with E-state index in [4.69, 9.17) is 0 Å². The van der Waals surface area contributed by atoms with Crippen LogP contribution in [0.4, 0.5) is 0 Å². The van der Waals surface area contributed by atoms with E-state index in [1.807, 2.05) is 0 Å². The van der Waals surface area contributed by atoms with Crippen LogP contribution in [0.3, 0.4) is 0 Å². The summed E-state index contributed by atoms with van der Waals surface area (Å²) in [6.45, 7) is 0. The van der Waals surface area contributed by atoms with E-state index >= 15 is 0 Å². The molecule has 1 N–H and O–H groups in total. The summed E-state index contributed by atoms with van der Waals surface area (Å²) < 4.78 is 0. The van der Waals surface area contributed by atoms with Crippen molar-refractivity contribution in [1.82, 2.24) is 0 Å². The Morgan fingerprint density at radius 1 is 1.00 bits per heavy atom. The van der Waals surface area contributed by atoms with Crippen molar-refractivity contribution < 1.29 is 14.7 Å². The molecule has 0 saturated carbocycles. The molecule has 0 aliphatic heterocycles. The number of benzene rings is 2. The molecule has 3 heteroatoms. The third-order valence-electron chi connectivity index (χ3n) is 5.04. The molecule has 0 spiro atoms. The van der Waals surface area contributed by atoms with Crippen molar-refractivity contribution in [1.29, 1.82) is 0 Å². The number of fused-ring (bicyclic) bond motifs is 3. The van der Waals surface area contributed by atoms with Crippen molar-refractivity contribution in [2.24, 2.45) is 0 Å². The molecular formula is C21H18O3. The summed E-state index contributed by atoms with van der Waals surface area (Å²) in [6, 6.07) is 11.1. The van der Waals surface area contributed by atoms with Crippen LogP contribution in [0.25, 0.3) is 6.08 Å². The minimum absolute atomic E-state index is 0.0731. The van der Waals surface area contributed by atoms with E-state index in [9.17, 15) is 14.7 Å². The van der Waals surface area contributed by atoms with Gasteiger partial charge in [0.2, 0.25) is 0 Å². The normalized spacial score (nSPS) is 17.7. The highest BCUT2D eigenvalue weighted by atomic mass is 16.4. The van der Waals surface area contributed by atoms with Crippen molar-refractivity contribution in [2.75, 3.05) is 0 Å². The van der Waals surface area contributed by atoms with E-state index in [0.717, 1.165) is 30.4 Å². The van der Waals surface area contributed by atoms with Crippen molar-refractivity contribution in [3.05, 3.63) is 75.4 Å². The van der Waals surface area contributed by atoms with Crippen LogP contribution >= 0.6 is 0 Å². The molecule has 0 bridgehead atoms. The van der Waals surface area contributed by atoms with Crippen molar-refractivity contribution in [2.45, 2.75) is 32.1 Å². The van der Waals surface area contributed by atoms with Crippen LogP contribution < -0.4 is 0 Å². The molecule has 0 atom stereocenters. The Bertz CT molecular complexity index is 890. The first-order valence-electron chi connectivity index (χ1n) is 8.36. The SMILES string of the molecule is O=C(O)c1ccccc1C=C1Cc2ccc3c(c2C1=O)CCCC3. The van der Waals surface area contributed by atoms with Gasteiger partial charge in [-0.25, -0.2) is 4.79 Å². The molecule has 0 amide bonds. The first-order chi connectivity index (χ1) is 11.6. The Morgan fingerprint density at radius 2 is 1.75 bits per heavy atom. The van der Waals surface area contributed by atoms with Gasteiger partial charge < -0.3 is 5.11 Å². The van der Waals surface area contributed by atoms with Crippen LogP contribution in [0.1, 0.15) is 55.8 Å². The standard InChI is InChI=1S/C21H18O3/c22-20-16(11-14-6-2-4-8-18(14)21(23)24)12-15-10-9-13-5-1-3-7-17(13)19(15)20/h2,4,6,8-11H,1,3,5,7,12H2,(H,23,24). The number of allylic oxidation sites excluding steroid dienone is 1. The lowest BCUT2D eigenvalue weighted by Crippen LogP contribution is -2.09. The second-order valence-electron chi connectivity index (χ2n) is 6.51.